The van der Waals surface area contributed by atoms with Gasteiger partial charge in [-0.25, -0.2) is 4.39 Å². The van der Waals surface area contributed by atoms with E-state index in [2.05, 4.69) is 33.2 Å². The Hall–Kier alpha value is -3.28. The molecule has 1 aliphatic carbocycles. The lowest BCUT2D eigenvalue weighted by atomic mass is 9.73. The number of pyridine rings is 1. The molecule has 2 aromatic heterocycles. The molecule has 0 radical (unpaired) electrons. The maximum atomic E-state index is 13.9. The van der Waals surface area contributed by atoms with Crippen LogP contribution in [0.3, 0.4) is 0 Å². The van der Waals surface area contributed by atoms with Gasteiger partial charge in [-0.2, -0.15) is 0 Å². The monoisotopic (exact) mass is 458 g/mol. The van der Waals surface area contributed by atoms with Crippen LogP contribution in [0.15, 0.2) is 54.7 Å². The number of H-pyrrole nitrogens is 1. The molecule has 1 N–H and O–H groups in total. The average molecular weight is 459 g/mol. The van der Waals surface area contributed by atoms with Gasteiger partial charge in [0.1, 0.15) is 17.4 Å². The van der Waals surface area contributed by atoms with E-state index in [0.717, 1.165) is 59.5 Å². The third kappa shape index (κ3) is 4.67. The third-order valence-electron chi connectivity index (χ3n) is 7.09. The summed E-state index contributed by atoms with van der Waals surface area (Å²) in [5.74, 6) is 3.67. The number of nitrogens with zero attached hydrogens (tertiary/aromatic N) is 3. The van der Waals surface area contributed by atoms with E-state index in [9.17, 15) is 4.39 Å². The number of halogens is 1. The van der Waals surface area contributed by atoms with Gasteiger partial charge in [-0.15, -0.1) is 10.2 Å². The van der Waals surface area contributed by atoms with Gasteiger partial charge in [-0.1, -0.05) is 6.92 Å². The van der Waals surface area contributed by atoms with Gasteiger partial charge in [-0.05, 0) is 105 Å². The van der Waals surface area contributed by atoms with E-state index >= 15 is 0 Å². The van der Waals surface area contributed by atoms with E-state index in [0.29, 0.717) is 17.8 Å². The van der Waals surface area contributed by atoms with Crippen molar-refractivity contribution in [1.82, 2.24) is 20.2 Å². The maximum Gasteiger partial charge on any atom is 0.161 e. The molecule has 6 heteroatoms. The summed E-state index contributed by atoms with van der Waals surface area (Å²) >= 11 is 0. The van der Waals surface area contributed by atoms with Crippen LogP contribution in [-0.4, -0.2) is 26.3 Å². The summed E-state index contributed by atoms with van der Waals surface area (Å²) in [5, 5.41) is 9.84. The van der Waals surface area contributed by atoms with Crippen molar-refractivity contribution in [3.63, 3.8) is 0 Å². The van der Waals surface area contributed by atoms with Crippen LogP contribution in [0.5, 0.6) is 5.75 Å². The number of fused-ring (bicyclic) bond motifs is 1. The second-order valence-electron chi connectivity index (χ2n) is 9.71. The van der Waals surface area contributed by atoms with Crippen molar-refractivity contribution in [1.29, 1.82) is 0 Å². The van der Waals surface area contributed by atoms with Crippen molar-refractivity contribution in [2.75, 3.05) is 0 Å². The van der Waals surface area contributed by atoms with Gasteiger partial charge in [0, 0.05) is 23.1 Å². The lowest BCUT2D eigenvalue weighted by Crippen LogP contribution is -2.19. The number of rotatable bonds is 6. The lowest BCUT2D eigenvalue weighted by Gasteiger charge is -2.32. The van der Waals surface area contributed by atoms with Crippen LogP contribution >= 0.6 is 0 Å². The standard InChI is InChI=1S/C28H31FN4O/c1-17(2)34-23-11-8-21(9-12-23)28-31-27(32-33-28)18(3)19-4-6-20(7-5-19)24-14-15-30-26-13-10-22(29)16-25(24)26/h8-20H,4-7H2,1-3H3,(H,31,32,33)/t18-,19?,20?/m0/s1. The van der Waals surface area contributed by atoms with Crippen LogP contribution in [0.2, 0.25) is 0 Å². The summed E-state index contributed by atoms with van der Waals surface area (Å²) in [5.41, 5.74) is 3.09. The number of aromatic amines is 1. The molecule has 2 heterocycles. The van der Waals surface area contributed by atoms with E-state index < -0.39 is 0 Å². The highest BCUT2D eigenvalue weighted by Gasteiger charge is 2.29. The number of benzene rings is 2. The van der Waals surface area contributed by atoms with E-state index in [-0.39, 0.29) is 11.9 Å². The molecule has 0 spiro atoms. The molecule has 0 saturated heterocycles. The van der Waals surface area contributed by atoms with Gasteiger partial charge in [0.25, 0.3) is 0 Å². The fourth-order valence-electron chi connectivity index (χ4n) is 5.22. The molecule has 1 aliphatic rings. The average Bonchev–Trinajstić information content (AvgIpc) is 3.34. The number of nitrogens with one attached hydrogen (secondary N) is 1. The van der Waals surface area contributed by atoms with Crippen molar-refractivity contribution in [3.05, 3.63) is 71.9 Å². The Morgan fingerprint density at radius 3 is 2.44 bits per heavy atom. The third-order valence-corrected chi connectivity index (χ3v) is 7.09. The Morgan fingerprint density at radius 2 is 1.71 bits per heavy atom. The van der Waals surface area contributed by atoms with Gasteiger partial charge < -0.3 is 9.72 Å². The minimum atomic E-state index is -0.202. The minimum Gasteiger partial charge on any atom is -0.491 e. The first kappa shape index (κ1) is 22.5. The van der Waals surface area contributed by atoms with Crippen molar-refractivity contribution >= 4 is 10.9 Å². The molecule has 1 saturated carbocycles. The van der Waals surface area contributed by atoms with Crippen molar-refractivity contribution < 1.29 is 9.13 Å². The topological polar surface area (TPSA) is 63.7 Å². The van der Waals surface area contributed by atoms with Crippen LogP contribution in [0.1, 0.15) is 69.7 Å². The Kier molecular flexibility index (Phi) is 6.31. The molecule has 34 heavy (non-hydrogen) atoms. The van der Waals surface area contributed by atoms with E-state index in [1.165, 1.54) is 11.6 Å². The molecule has 1 fully saturated rings. The summed E-state index contributed by atoms with van der Waals surface area (Å²) in [6.45, 7) is 6.28. The quantitative estimate of drug-likeness (QED) is 0.337. The van der Waals surface area contributed by atoms with E-state index in [4.69, 9.17) is 4.74 Å². The first-order valence-corrected chi connectivity index (χ1v) is 12.2. The second kappa shape index (κ2) is 9.53. The molecular weight excluding hydrogens is 427 g/mol. The van der Waals surface area contributed by atoms with Crippen LogP contribution in [0.4, 0.5) is 4.39 Å². The number of hydrogen-bond donors (Lipinski definition) is 1. The van der Waals surface area contributed by atoms with Crippen molar-refractivity contribution in [3.8, 4) is 17.1 Å². The zero-order valence-electron chi connectivity index (χ0n) is 20.0. The maximum absolute atomic E-state index is 13.9. The van der Waals surface area contributed by atoms with Gasteiger partial charge in [-0.3, -0.25) is 4.98 Å². The fraction of sp³-hybridized carbons (Fsp3) is 0.393. The van der Waals surface area contributed by atoms with Gasteiger partial charge in [0.05, 0.1) is 11.6 Å². The lowest BCUT2D eigenvalue weighted by molar-refractivity contribution is 0.242. The highest BCUT2D eigenvalue weighted by atomic mass is 19.1. The largest absolute Gasteiger partial charge is 0.491 e. The van der Waals surface area contributed by atoms with E-state index in [1.807, 2.05) is 44.3 Å². The number of aromatic nitrogens is 4. The van der Waals surface area contributed by atoms with Crippen LogP contribution in [0.25, 0.3) is 22.3 Å². The molecular formula is C28H31FN4O. The summed E-state index contributed by atoms with van der Waals surface area (Å²) in [6.07, 6.45) is 6.40. The summed E-state index contributed by atoms with van der Waals surface area (Å²) in [6, 6.07) is 14.9. The molecule has 176 valence electrons. The van der Waals surface area contributed by atoms with Gasteiger partial charge >= 0.3 is 0 Å². The fourth-order valence-corrected chi connectivity index (χ4v) is 5.22. The molecule has 5 rings (SSSR count). The zero-order valence-corrected chi connectivity index (χ0v) is 20.0. The number of ether oxygens (including phenoxy) is 1. The van der Waals surface area contributed by atoms with Crippen LogP contribution in [0, 0.1) is 11.7 Å². The van der Waals surface area contributed by atoms with E-state index in [1.54, 1.807) is 12.1 Å². The summed E-state index contributed by atoms with van der Waals surface area (Å²) in [7, 11) is 0. The van der Waals surface area contributed by atoms with Crippen LogP contribution in [-0.2, 0) is 0 Å². The predicted octanol–water partition coefficient (Wildman–Crippen LogP) is 7.02. The molecule has 2 aromatic carbocycles. The Bertz CT molecular complexity index is 1260. The molecule has 0 amide bonds. The highest BCUT2D eigenvalue weighted by Crippen LogP contribution is 2.42. The molecule has 5 nitrogen and oxygen atoms in total. The smallest absolute Gasteiger partial charge is 0.161 e. The SMILES string of the molecule is CC(C)Oc1ccc(-c2nnc([C@@H](C)C3CCC(c4ccnc5ccc(F)cc45)CC3)[nH]2)cc1. The minimum absolute atomic E-state index is 0.150. The predicted molar refractivity (Wildman–Crippen MR) is 132 cm³/mol. The van der Waals surface area contributed by atoms with Crippen molar-refractivity contribution in [2.45, 2.75) is 64.4 Å². The number of hydrogen-bond acceptors (Lipinski definition) is 4. The molecule has 0 unspecified atom stereocenters. The Labute approximate surface area is 199 Å². The molecule has 1 atom stereocenters. The first-order chi connectivity index (χ1) is 16.5. The zero-order chi connectivity index (χ0) is 23.7. The normalized spacial score (nSPS) is 19.4. The molecule has 0 aliphatic heterocycles. The summed E-state index contributed by atoms with van der Waals surface area (Å²) in [4.78, 5) is 7.86. The second-order valence-corrected chi connectivity index (χ2v) is 9.71. The van der Waals surface area contributed by atoms with Crippen molar-refractivity contribution in [2.24, 2.45) is 5.92 Å². The highest BCUT2D eigenvalue weighted by molar-refractivity contribution is 5.82. The Morgan fingerprint density at radius 1 is 0.941 bits per heavy atom. The summed E-state index contributed by atoms with van der Waals surface area (Å²) < 4.78 is 19.6. The van der Waals surface area contributed by atoms with Gasteiger partial charge in [0.2, 0.25) is 0 Å². The van der Waals surface area contributed by atoms with Gasteiger partial charge in [0.15, 0.2) is 5.82 Å². The Balaban J connectivity index is 1.25. The molecule has 0 bridgehead atoms. The first-order valence-electron chi connectivity index (χ1n) is 12.2. The van der Waals surface area contributed by atoms with Crippen LogP contribution < -0.4 is 4.74 Å². The molecule has 4 aromatic rings.